The third kappa shape index (κ3) is 4.39. The summed E-state index contributed by atoms with van der Waals surface area (Å²) in [6.45, 7) is 0.0508. The summed E-state index contributed by atoms with van der Waals surface area (Å²) in [5, 5.41) is 3.12. The first kappa shape index (κ1) is 25.1. The number of alkyl carbamates (subject to hydrolysis) is 1. The Labute approximate surface area is 229 Å². The minimum atomic E-state index is -0.642. The van der Waals surface area contributed by atoms with Gasteiger partial charge in [0.2, 0.25) is 0 Å². The van der Waals surface area contributed by atoms with E-state index in [1.54, 1.807) is 48.5 Å². The van der Waals surface area contributed by atoms with E-state index >= 15 is 0 Å². The molecule has 0 aliphatic heterocycles. The van der Waals surface area contributed by atoms with Gasteiger partial charge < -0.3 is 14.8 Å². The molecule has 0 radical (unpaired) electrons. The number of ether oxygens (including phenoxy) is 2. The Kier molecular flexibility index (Phi) is 6.57. The van der Waals surface area contributed by atoms with Crippen LogP contribution in [0.1, 0.15) is 33.2 Å². The number of carbonyl (C=O) groups excluding carboxylic acids is 2. The van der Waals surface area contributed by atoms with Crippen molar-refractivity contribution >= 4 is 23.0 Å². The maximum Gasteiger partial charge on any atom is 0.407 e. The molecular formula is C32H25N3O5. The van der Waals surface area contributed by atoms with Crippen molar-refractivity contribution in [2.75, 3.05) is 13.7 Å². The Morgan fingerprint density at radius 2 is 1.48 bits per heavy atom. The summed E-state index contributed by atoms with van der Waals surface area (Å²) in [6, 6.07) is 29.8. The summed E-state index contributed by atoms with van der Waals surface area (Å²) in [5.74, 6) is -0.429. The molecule has 1 N–H and O–H groups in total. The number of carbonyl (C=O) groups is 2. The first-order valence-electron chi connectivity index (χ1n) is 12.8. The highest BCUT2D eigenvalue weighted by Gasteiger charge is 2.29. The SMILES string of the molecule is COC(=O)c1ccccc1-n1c(CNC(=O)OCC2c3ccccc3-c3ccccc32)nc2ccccc2c1=O. The molecule has 4 aromatic carbocycles. The standard InChI is InChI=1S/C32H25N3O5/c1-39-31(37)25-15-7-9-17-28(25)35-29(34-27-16-8-6-14-24(27)30(35)36)18-33-32(38)40-19-26-22-12-4-2-10-20(22)21-11-3-5-13-23(21)26/h2-17,26H,18-19H2,1H3,(H,33,38). The fourth-order valence-electron chi connectivity index (χ4n) is 5.30. The summed E-state index contributed by atoms with van der Waals surface area (Å²) in [6.07, 6.45) is -0.642. The van der Waals surface area contributed by atoms with Gasteiger partial charge in [-0.3, -0.25) is 9.36 Å². The number of hydrogen-bond acceptors (Lipinski definition) is 6. The van der Waals surface area contributed by atoms with Gasteiger partial charge in [0.1, 0.15) is 12.4 Å². The van der Waals surface area contributed by atoms with Crippen LogP contribution in [-0.4, -0.2) is 35.3 Å². The van der Waals surface area contributed by atoms with Crippen LogP contribution in [0.5, 0.6) is 0 Å². The molecule has 8 heteroatoms. The molecule has 1 amide bonds. The largest absolute Gasteiger partial charge is 0.465 e. The molecule has 198 valence electrons. The van der Waals surface area contributed by atoms with Gasteiger partial charge in [-0.05, 0) is 46.5 Å². The maximum atomic E-state index is 13.6. The summed E-state index contributed by atoms with van der Waals surface area (Å²) < 4.78 is 11.9. The maximum absolute atomic E-state index is 13.6. The molecular weight excluding hydrogens is 506 g/mol. The molecule has 0 atom stereocenters. The lowest BCUT2D eigenvalue weighted by Gasteiger charge is -2.17. The Bertz CT molecular complexity index is 1780. The normalized spacial score (nSPS) is 12.0. The highest BCUT2D eigenvalue weighted by atomic mass is 16.5. The van der Waals surface area contributed by atoms with E-state index in [9.17, 15) is 14.4 Å². The number of aromatic nitrogens is 2. The Morgan fingerprint density at radius 3 is 2.20 bits per heavy atom. The third-order valence-electron chi connectivity index (χ3n) is 7.13. The van der Waals surface area contributed by atoms with Gasteiger partial charge in [0, 0.05) is 5.92 Å². The number of methoxy groups -OCH3 is 1. The lowest BCUT2D eigenvalue weighted by atomic mass is 9.98. The van der Waals surface area contributed by atoms with Gasteiger partial charge in [-0.15, -0.1) is 0 Å². The molecule has 0 saturated heterocycles. The van der Waals surface area contributed by atoms with E-state index in [1.165, 1.54) is 11.7 Å². The molecule has 8 nitrogen and oxygen atoms in total. The van der Waals surface area contributed by atoms with E-state index in [2.05, 4.69) is 34.6 Å². The molecule has 5 aromatic rings. The van der Waals surface area contributed by atoms with Crippen LogP contribution in [0.4, 0.5) is 4.79 Å². The molecule has 0 spiro atoms. The lowest BCUT2D eigenvalue weighted by molar-refractivity contribution is 0.0600. The molecule has 0 unspecified atom stereocenters. The molecule has 1 aliphatic carbocycles. The van der Waals surface area contributed by atoms with E-state index in [-0.39, 0.29) is 36.0 Å². The second kappa shape index (κ2) is 10.5. The fourth-order valence-corrected chi connectivity index (χ4v) is 5.30. The van der Waals surface area contributed by atoms with Gasteiger partial charge in [0.25, 0.3) is 5.56 Å². The zero-order valence-corrected chi connectivity index (χ0v) is 21.7. The summed E-state index contributed by atoms with van der Waals surface area (Å²) >= 11 is 0. The number of benzene rings is 4. The van der Waals surface area contributed by atoms with E-state index in [1.807, 2.05) is 24.3 Å². The number of para-hydroxylation sites is 2. The van der Waals surface area contributed by atoms with Crippen molar-refractivity contribution in [1.82, 2.24) is 14.9 Å². The average molecular weight is 532 g/mol. The Balaban J connectivity index is 1.28. The van der Waals surface area contributed by atoms with Crippen molar-refractivity contribution in [2.45, 2.75) is 12.5 Å². The van der Waals surface area contributed by atoms with Crippen molar-refractivity contribution in [3.63, 3.8) is 0 Å². The zero-order chi connectivity index (χ0) is 27.6. The fraction of sp³-hybridized carbons (Fsp3) is 0.125. The molecule has 0 saturated carbocycles. The van der Waals surface area contributed by atoms with Crippen LogP contribution in [0.15, 0.2) is 102 Å². The Hall–Kier alpha value is -5.24. The zero-order valence-electron chi connectivity index (χ0n) is 21.7. The van der Waals surface area contributed by atoms with Gasteiger partial charge in [0.15, 0.2) is 0 Å². The minimum Gasteiger partial charge on any atom is -0.465 e. The Morgan fingerprint density at radius 1 is 0.850 bits per heavy atom. The van der Waals surface area contributed by atoms with Crippen molar-refractivity contribution in [2.24, 2.45) is 0 Å². The van der Waals surface area contributed by atoms with Crippen molar-refractivity contribution < 1.29 is 19.1 Å². The predicted molar refractivity (Wildman–Crippen MR) is 151 cm³/mol. The first-order valence-corrected chi connectivity index (χ1v) is 12.8. The van der Waals surface area contributed by atoms with Crippen LogP contribution in [0.3, 0.4) is 0 Å². The smallest absolute Gasteiger partial charge is 0.407 e. The summed E-state index contributed by atoms with van der Waals surface area (Å²) in [5.41, 5.74) is 5.12. The number of fused-ring (bicyclic) bond motifs is 4. The lowest BCUT2D eigenvalue weighted by Crippen LogP contribution is -2.32. The third-order valence-corrected chi connectivity index (χ3v) is 7.13. The van der Waals surface area contributed by atoms with Gasteiger partial charge in [-0.2, -0.15) is 0 Å². The van der Waals surface area contributed by atoms with Gasteiger partial charge in [-0.25, -0.2) is 14.6 Å². The van der Waals surface area contributed by atoms with Crippen LogP contribution in [-0.2, 0) is 16.0 Å². The molecule has 0 bridgehead atoms. The van der Waals surface area contributed by atoms with Crippen LogP contribution in [0, 0.1) is 0 Å². The molecule has 1 heterocycles. The highest BCUT2D eigenvalue weighted by molar-refractivity contribution is 5.93. The quantitative estimate of drug-likeness (QED) is 0.302. The second-order valence-corrected chi connectivity index (χ2v) is 9.37. The first-order chi connectivity index (χ1) is 19.6. The number of hydrogen-bond donors (Lipinski definition) is 1. The molecule has 1 aliphatic rings. The number of rotatable bonds is 6. The van der Waals surface area contributed by atoms with E-state index in [0.717, 1.165) is 22.3 Å². The molecule has 40 heavy (non-hydrogen) atoms. The topological polar surface area (TPSA) is 99.5 Å². The van der Waals surface area contributed by atoms with Crippen molar-refractivity contribution in [3.8, 4) is 16.8 Å². The number of esters is 1. The van der Waals surface area contributed by atoms with Crippen LogP contribution >= 0.6 is 0 Å². The minimum absolute atomic E-state index is 0.0814. The number of nitrogens with one attached hydrogen (secondary N) is 1. The predicted octanol–water partition coefficient (Wildman–Crippen LogP) is 5.21. The number of nitrogens with zero attached hydrogens (tertiary/aromatic N) is 2. The van der Waals surface area contributed by atoms with Crippen molar-refractivity contribution in [1.29, 1.82) is 0 Å². The van der Waals surface area contributed by atoms with Crippen LogP contribution in [0.2, 0.25) is 0 Å². The van der Waals surface area contributed by atoms with Gasteiger partial charge in [0.05, 0.1) is 35.8 Å². The molecule has 6 rings (SSSR count). The van der Waals surface area contributed by atoms with E-state index < -0.39 is 12.1 Å². The summed E-state index contributed by atoms with van der Waals surface area (Å²) in [4.78, 5) is 43.7. The molecule has 1 aromatic heterocycles. The van der Waals surface area contributed by atoms with E-state index in [4.69, 9.17) is 9.47 Å². The van der Waals surface area contributed by atoms with E-state index in [0.29, 0.717) is 16.6 Å². The van der Waals surface area contributed by atoms with Crippen molar-refractivity contribution in [3.05, 3.63) is 130 Å². The highest BCUT2D eigenvalue weighted by Crippen LogP contribution is 2.44. The van der Waals surface area contributed by atoms with Crippen LogP contribution in [0.25, 0.3) is 27.7 Å². The monoisotopic (exact) mass is 531 g/mol. The van der Waals surface area contributed by atoms with Gasteiger partial charge >= 0.3 is 12.1 Å². The molecule has 0 fully saturated rings. The second-order valence-electron chi connectivity index (χ2n) is 9.37. The van der Waals surface area contributed by atoms with Crippen LogP contribution < -0.4 is 10.9 Å². The number of amides is 1. The summed E-state index contributed by atoms with van der Waals surface area (Å²) in [7, 11) is 1.28. The van der Waals surface area contributed by atoms with Gasteiger partial charge in [-0.1, -0.05) is 72.8 Å². The average Bonchev–Trinajstić information content (AvgIpc) is 3.32.